The highest BCUT2D eigenvalue weighted by atomic mass is 16.6. The minimum Gasteiger partial charge on any atom is -0.493 e. The Balaban J connectivity index is 1.49. The number of hydrogen-bond donors (Lipinski definition) is 0. The van der Waals surface area contributed by atoms with Crippen LogP contribution in [0.2, 0.25) is 0 Å². The van der Waals surface area contributed by atoms with Crippen molar-refractivity contribution in [3.8, 4) is 17.2 Å². The summed E-state index contributed by atoms with van der Waals surface area (Å²) in [5, 5.41) is 0. The quantitative estimate of drug-likeness (QED) is 0.550. The minimum absolute atomic E-state index is 0.0325. The largest absolute Gasteiger partial charge is 0.493 e. The second-order valence-electron chi connectivity index (χ2n) is 8.99. The van der Waals surface area contributed by atoms with Gasteiger partial charge in [0.25, 0.3) is 0 Å². The van der Waals surface area contributed by atoms with E-state index in [0.717, 1.165) is 42.6 Å². The van der Waals surface area contributed by atoms with E-state index in [1.54, 1.807) is 39.5 Å². The molecule has 154 valence electrons. The molecule has 0 unspecified atom stereocenters. The van der Waals surface area contributed by atoms with Crippen LogP contribution in [0.1, 0.15) is 44.1 Å². The number of ether oxygens (including phenoxy) is 4. The monoisotopic (exact) mass is 397 g/mol. The van der Waals surface area contributed by atoms with Gasteiger partial charge in [-0.3, -0.25) is 0 Å². The lowest BCUT2D eigenvalue weighted by Crippen LogP contribution is -2.50. The highest BCUT2D eigenvalue weighted by Gasteiger charge is 2.55. The molecule has 0 N–H and O–H groups in total. The summed E-state index contributed by atoms with van der Waals surface area (Å²) < 4.78 is 21.9. The van der Waals surface area contributed by atoms with Crippen molar-refractivity contribution in [2.24, 2.45) is 28.2 Å². The third kappa shape index (κ3) is 3.00. The number of nitrogens with zero attached hydrogens (tertiary/aromatic N) is 1. The zero-order valence-corrected chi connectivity index (χ0v) is 17.2. The normalized spacial score (nSPS) is 33.6. The van der Waals surface area contributed by atoms with Gasteiger partial charge in [-0.15, -0.1) is 0 Å². The number of esters is 1. The van der Waals surface area contributed by atoms with Crippen molar-refractivity contribution >= 4 is 17.9 Å². The standard InChI is InChI=1S/C23H27NO5/c1-26-18-8-13(9-19(27-2)20(18)28-3)7-17-21(25)29-22(24-17)23-10-14-4-15(11-23)6-16(5-14)12-23/h7-9,14-16H,4-6,10-12H2,1-3H3. The van der Waals surface area contributed by atoms with Gasteiger partial charge < -0.3 is 18.9 Å². The van der Waals surface area contributed by atoms with Crippen LogP contribution in [0.25, 0.3) is 6.08 Å². The lowest BCUT2D eigenvalue weighted by atomic mass is 9.49. The van der Waals surface area contributed by atoms with Crippen LogP contribution in [0, 0.1) is 23.2 Å². The summed E-state index contributed by atoms with van der Waals surface area (Å²) in [6, 6.07) is 3.61. The molecule has 4 saturated carbocycles. The predicted octanol–water partition coefficient (Wildman–Crippen LogP) is 4.23. The van der Waals surface area contributed by atoms with Gasteiger partial charge in [0.05, 0.1) is 21.3 Å². The van der Waals surface area contributed by atoms with Crippen molar-refractivity contribution < 1.29 is 23.7 Å². The molecule has 1 aliphatic heterocycles. The van der Waals surface area contributed by atoms with Crippen molar-refractivity contribution in [1.82, 2.24) is 0 Å². The van der Waals surface area contributed by atoms with Crippen LogP contribution in [0.15, 0.2) is 22.8 Å². The van der Waals surface area contributed by atoms with Crippen LogP contribution in [0.5, 0.6) is 17.2 Å². The van der Waals surface area contributed by atoms with E-state index < -0.39 is 0 Å². The number of rotatable bonds is 5. The first-order valence-corrected chi connectivity index (χ1v) is 10.4. The van der Waals surface area contributed by atoms with E-state index in [9.17, 15) is 4.79 Å². The van der Waals surface area contributed by atoms with Crippen LogP contribution in [0.3, 0.4) is 0 Å². The molecule has 1 aromatic carbocycles. The summed E-state index contributed by atoms with van der Waals surface area (Å²) in [5.74, 6) is 4.18. The number of benzene rings is 1. The molecule has 4 bridgehead atoms. The lowest BCUT2D eigenvalue weighted by molar-refractivity contribution is -0.131. The zero-order valence-electron chi connectivity index (χ0n) is 17.2. The maximum absolute atomic E-state index is 12.6. The maximum atomic E-state index is 12.6. The number of carbonyl (C=O) groups excluding carboxylic acids is 1. The van der Waals surface area contributed by atoms with Crippen LogP contribution in [-0.2, 0) is 9.53 Å². The summed E-state index contributed by atoms with van der Waals surface area (Å²) in [6.07, 6.45) is 9.10. The molecule has 0 aromatic heterocycles. The van der Waals surface area contributed by atoms with Gasteiger partial charge in [-0.25, -0.2) is 9.79 Å². The maximum Gasteiger partial charge on any atom is 0.363 e. The summed E-state index contributed by atoms with van der Waals surface area (Å²) in [7, 11) is 4.71. The van der Waals surface area contributed by atoms with Crippen LogP contribution >= 0.6 is 0 Å². The minimum atomic E-state index is -0.371. The molecule has 0 spiro atoms. The van der Waals surface area contributed by atoms with E-state index in [1.165, 1.54) is 19.3 Å². The molecule has 4 fully saturated rings. The van der Waals surface area contributed by atoms with E-state index >= 15 is 0 Å². The Kier molecular flexibility index (Phi) is 4.33. The average Bonchev–Trinajstić information content (AvgIpc) is 3.07. The molecule has 0 amide bonds. The fourth-order valence-corrected chi connectivity index (χ4v) is 6.35. The smallest absolute Gasteiger partial charge is 0.363 e. The fourth-order valence-electron chi connectivity index (χ4n) is 6.35. The van der Waals surface area contributed by atoms with Gasteiger partial charge in [0.2, 0.25) is 11.6 Å². The van der Waals surface area contributed by atoms with E-state index in [1.807, 2.05) is 0 Å². The molecule has 6 heteroatoms. The van der Waals surface area contributed by atoms with Gasteiger partial charge in [-0.1, -0.05) is 0 Å². The van der Waals surface area contributed by atoms with Gasteiger partial charge in [-0.2, -0.15) is 0 Å². The predicted molar refractivity (Wildman–Crippen MR) is 108 cm³/mol. The topological polar surface area (TPSA) is 66.4 Å². The Morgan fingerprint density at radius 1 is 0.966 bits per heavy atom. The molecule has 5 aliphatic rings. The van der Waals surface area contributed by atoms with Gasteiger partial charge >= 0.3 is 5.97 Å². The number of hydrogen-bond acceptors (Lipinski definition) is 6. The third-order valence-corrected chi connectivity index (χ3v) is 7.10. The molecule has 6 nitrogen and oxygen atoms in total. The van der Waals surface area contributed by atoms with Crippen molar-refractivity contribution in [3.63, 3.8) is 0 Å². The highest BCUT2D eigenvalue weighted by Crippen LogP contribution is 2.61. The third-order valence-electron chi connectivity index (χ3n) is 7.10. The first-order valence-electron chi connectivity index (χ1n) is 10.4. The van der Waals surface area contributed by atoms with Crippen molar-refractivity contribution in [1.29, 1.82) is 0 Å². The SMILES string of the molecule is COc1cc(C=C2N=C(C34CC5CC(CC(C5)C3)C4)OC2=O)cc(OC)c1OC. The first kappa shape index (κ1) is 18.5. The average molecular weight is 397 g/mol. The molecule has 0 saturated heterocycles. The van der Waals surface area contributed by atoms with E-state index in [2.05, 4.69) is 0 Å². The molecule has 0 radical (unpaired) electrons. The number of cyclic esters (lactones) is 1. The number of aliphatic imine (C=N–C) groups is 1. The van der Waals surface area contributed by atoms with Crippen LogP contribution in [-0.4, -0.2) is 33.2 Å². The molecular formula is C23H27NO5. The van der Waals surface area contributed by atoms with Crippen LogP contribution in [0.4, 0.5) is 0 Å². The van der Waals surface area contributed by atoms with E-state index in [-0.39, 0.29) is 11.4 Å². The number of methoxy groups -OCH3 is 3. The van der Waals surface area contributed by atoms with Gasteiger partial charge in [0.1, 0.15) is 0 Å². The molecule has 1 heterocycles. The summed E-state index contributed by atoms with van der Waals surface area (Å²) in [4.78, 5) is 17.3. The number of carbonyl (C=O) groups is 1. The van der Waals surface area contributed by atoms with Crippen molar-refractivity contribution in [2.45, 2.75) is 38.5 Å². The first-order chi connectivity index (χ1) is 14.0. The molecule has 0 atom stereocenters. The Hall–Kier alpha value is -2.50. The van der Waals surface area contributed by atoms with E-state index in [0.29, 0.717) is 28.8 Å². The Bertz CT molecular complexity index is 856. The molecule has 29 heavy (non-hydrogen) atoms. The van der Waals surface area contributed by atoms with Crippen molar-refractivity contribution in [3.05, 3.63) is 23.4 Å². The molecule has 6 rings (SSSR count). The van der Waals surface area contributed by atoms with Gasteiger partial charge in [0.15, 0.2) is 17.2 Å². The lowest BCUT2D eigenvalue weighted by Gasteiger charge is -2.55. The van der Waals surface area contributed by atoms with E-state index in [4.69, 9.17) is 23.9 Å². The summed E-state index contributed by atoms with van der Waals surface area (Å²) in [6.45, 7) is 0. The van der Waals surface area contributed by atoms with Crippen LogP contribution < -0.4 is 14.2 Å². The van der Waals surface area contributed by atoms with Gasteiger partial charge in [0, 0.05) is 5.41 Å². The Labute approximate surface area is 170 Å². The van der Waals surface area contributed by atoms with Gasteiger partial charge in [-0.05, 0) is 80.1 Å². The molecule has 1 aromatic rings. The Morgan fingerprint density at radius 3 is 2.00 bits per heavy atom. The van der Waals surface area contributed by atoms with Crippen molar-refractivity contribution in [2.75, 3.05) is 21.3 Å². The summed E-state index contributed by atoms with van der Waals surface area (Å²) >= 11 is 0. The zero-order chi connectivity index (χ0) is 20.2. The fraction of sp³-hybridized carbons (Fsp3) is 0.565. The summed E-state index contributed by atoms with van der Waals surface area (Å²) in [5.41, 5.74) is 1.06. The molecule has 4 aliphatic carbocycles. The second kappa shape index (κ2) is 6.78. The molecular weight excluding hydrogens is 370 g/mol. The second-order valence-corrected chi connectivity index (χ2v) is 8.99. The Morgan fingerprint density at radius 2 is 1.52 bits per heavy atom. The highest BCUT2D eigenvalue weighted by molar-refractivity contribution is 6.09.